The highest BCUT2D eigenvalue weighted by atomic mass is 127. The molecule has 3 rings (SSSR count). The van der Waals surface area contributed by atoms with Crippen molar-refractivity contribution in [1.82, 2.24) is 0 Å². The standard InChI is InChI=1S/C18H17IO4/c1-10-13-8-12(19)9-16(22-4)18(13)23-17(10)11-5-6-14(20-2)15(7-11)21-3/h5-9H,1-4H3. The van der Waals surface area contributed by atoms with Crippen molar-refractivity contribution in [3.8, 4) is 28.6 Å². The quantitative estimate of drug-likeness (QED) is 0.551. The first-order chi connectivity index (χ1) is 11.1. The largest absolute Gasteiger partial charge is 0.493 e. The molecule has 0 atom stereocenters. The molecule has 0 unspecified atom stereocenters. The lowest BCUT2D eigenvalue weighted by atomic mass is 10.1. The molecule has 4 nitrogen and oxygen atoms in total. The summed E-state index contributed by atoms with van der Waals surface area (Å²) in [6.45, 7) is 2.05. The Kier molecular flexibility index (Phi) is 4.39. The van der Waals surface area contributed by atoms with Gasteiger partial charge in [-0.05, 0) is 59.8 Å². The van der Waals surface area contributed by atoms with E-state index in [4.69, 9.17) is 18.6 Å². The average molecular weight is 424 g/mol. The van der Waals surface area contributed by atoms with E-state index in [9.17, 15) is 0 Å². The van der Waals surface area contributed by atoms with E-state index < -0.39 is 0 Å². The summed E-state index contributed by atoms with van der Waals surface area (Å²) in [5, 5.41) is 1.05. The number of benzene rings is 2. The van der Waals surface area contributed by atoms with Gasteiger partial charge in [0.05, 0.1) is 21.3 Å². The monoisotopic (exact) mass is 424 g/mol. The molecule has 1 heterocycles. The lowest BCUT2D eigenvalue weighted by Gasteiger charge is -2.08. The SMILES string of the molecule is COc1ccc(-c2oc3c(OC)cc(I)cc3c2C)cc1OC. The molecule has 0 spiro atoms. The van der Waals surface area contributed by atoms with Crippen LogP contribution >= 0.6 is 22.6 Å². The van der Waals surface area contributed by atoms with E-state index >= 15 is 0 Å². The summed E-state index contributed by atoms with van der Waals surface area (Å²) >= 11 is 2.28. The average Bonchev–Trinajstić information content (AvgIpc) is 2.90. The maximum absolute atomic E-state index is 6.11. The molecule has 1 aromatic heterocycles. The van der Waals surface area contributed by atoms with Crippen LogP contribution in [0, 0.1) is 10.5 Å². The molecule has 0 saturated heterocycles. The van der Waals surface area contributed by atoms with Gasteiger partial charge in [0.2, 0.25) is 0 Å². The molecule has 0 radical (unpaired) electrons. The van der Waals surface area contributed by atoms with Gasteiger partial charge in [0.1, 0.15) is 5.76 Å². The van der Waals surface area contributed by atoms with Crippen LogP contribution in [0.25, 0.3) is 22.3 Å². The first-order valence-corrected chi connectivity index (χ1v) is 8.16. The molecule has 2 aromatic carbocycles. The van der Waals surface area contributed by atoms with E-state index in [0.717, 1.165) is 37.2 Å². The molecule has 0 fully saturated rings. The van der Waals surface area contributed by atoms with Gasteiger partial charge in [-0.15, -0.1) is 0 Å². The zero-order chi connectivity index (χ0) is 16.6. The summed E-state index contributed by atoms with van der Waals surface area (Å²) in [6, 6.07) is 9.82. The van der Waals surface area contributed by atoms with E-state index in [0.29, 0.717) is 11.5 Å². The summed E-state index contributed by atoms with van der Waals surface area (Å²) in [7, 11) is 4.90. The fourth-order valence-corrected chi connectivity index (χ4v) is 3.25. The zero-order valence-electron chi connectivity index (χ0n) is 13.4. The van der Waals surface area contributed by atoms with Crippen molar-refractivity contribution in [3.05, 3.63) is 39.5 Å². The van der Waals surface area contributed by atoms with Gasteiger partial charge >= 0.3 is 0 Å². The minimum atomic E-state index is 0.673. The number of halogens is 1. The Morgan fingerprint density at radius 2 is 1.57 bits per heavy atom. The van der Waals surface area contributed by atoms with E-state index in [1.54, 1.807) is 21.3 Å². The first kappa shape index (κ1) is 16.0. The fourth-order valence-electron chi connectivity index (χ4n) is 2.66. The van der Waals surface area contributed by atoms with Crippen LogP contribution in [-0.4, -0.2) is 21.3 Å². The number of fused-ring (bicyclic) bond motifs is 1. The Labute approximate surface area is 148 Å². The van der Waals surface area contributed by atoms with Gasteiger partial charge in [-0.1, -0.05) is 0 Å². The molecule has 0 bridgehead atoms. The first-order valence-electron chi connectivity index (χ1n) is 7.08. The summed E-state index contributed by atoms with van der Waals surface area (Å²) in [4.78, 5) is 0. The normalized spacial score (nSPS) is 10.8. The topological polar surface area (TPSA) is 40.8 Å². The van der Waals surface area contributed by atoms with Crippen LogP contribution in [0.4, 0.5) is 0 Å². The number of methoxy groups -OCH3 is 3. The van der Waals surface area contributed by atoms with Gasteiger partial charge < -0.3 is 18.6 Å². The van der Waals surface area contributed by atoms with Crippen LogP contribution < -0.4 is 14.2 Å². The van der Waals surface area contributed by atoms with Crippen LogP contribution in [0.15, 0.2) is 34.7 Å². The summed E-state index contributed by atoms with van der Waals surface area (Å²) in [5.74, 6) is 2.91. The molecule has 0 aliphatic heterocycles. The third kappa shape index (κ3) is 2.73. The molecule has 0 aliphatic rings. The molecule has 5 heteroatoms. The zero-order valence-corrected chi connectivity index (χ0v) is 15.6. The summed E-state index contributed by atoms with van der Waals surface area (Å²) < 4.78 is 23.3. The molecular formula is C18H17IO4. The predicted molar refractivity (Wildman–Crippen MR) is 98.8 cm³/mol. The number of aryl methyl sites for hydroxylation is 1. The van der Waals surface area contributed by atoms with Crippen LogP contribution in [0.1, 0.15) is 5.56 Å². The lowest BCUT2D eigenvalue weighted by molar-refractivity contribution is 0.355. The highest BCUT2D eigenvalue weighted by molar-refractivity contribution is 14.1. The second kappa shape index (κ2) is 6.31. The molecule has 0 aliphatic carbocycles. The third-order valence-electron chi connectivity index (χ3n) is 3.83. The van der Waals surface area contributed by atoms with E-state index in [1.807, 2.05) is 31.2 Å². The molecular weight excluding hydrogens is 407 g/mol. The van der Waals surface area contributed by atoms with Gasteiger partial charge in [0, 0.05) is 20.1 Å². The Bertz CT molecular complexity index is 867. The summed E-state index contributed by atoms with van der Waals surface area (Å²) in [6.07, 6.45) is 0. The molecule has 120 valence electrons. The Morgan fingerprint density at radius 1 is 0.870 bits per heavy atom. The van der Waals surface area contributed by atoms with Gasteiger partial charge in [-0.3, -0.25) is 0 Å². The van der Waals surface area contributed by atoms with Crippen LogP contribution in [0.2, 0.25) is 0 Å². The van der Waals surface area contributed by atoms with Crippen molar-refractivity contribution in [3.63, 3.8) is 0 Å². The number of rotatable bonds is 4. The minimum Gasteiger partial charge on any atom is -0.493 e. The fraction of sp³-hybridized carbons (Fsp3) is 0.222. The van der Waals surface area contributed by atoms with E-state index in [-0.39, 0.29) is 0 Å². The smallest absolute Gasteiger partial charge is 0.176 e. The van der Waals surface area contributed by atoms with Gasteiger partial charge in [-0.2, -0.15) is 0 Å². The molecule has 0 amide bonds. The van der Waals surface area contributed by atoms with Gasteiger partial charge in [0.25, 0.3) is 0 Å². The maximum atomic E-state index is 6.11. The van der Waals surface area contributed by atoms with E-state index in [2.05, 4.69) is 28.7 Å². The Balaban J connectivity index is 2.23. The van der Waals surface area contributed by atoms with Crippen molar-refractivity contribution in [1.29, 1.82) is 0 Å². The van der Waals surface area contributed by atoms with Gasteiger partial charge in [0.15, 0.2) is 22.8 Å². The number of hydrogen-bond donors (Lipinski definition) is 0. The van der Waals surface area contributed by atoms with Crippen molar-refractivity contribution in [2.45, 2.75) is 6.92 Å². The van der Waals surface area contributed by atoms with E-state index in [1.165, 1.54) is 0 Å². The Hall–Kier alpha value is -1.89. The molecule has 0 N–H and O–H groups in total. The number of ether oxygens (including phenoxy) is 3. The molecule has 23 heavy (non-hydrogen) atoms. The predicted octanol–water partition coefficient (Wildman–Crippen LogP) is 5.04. The molecule has 0 saturated carbocycles. The minimum absolute atomic E-state index is 0.673. The van der Waals surface area contributed by atoms with Crippen LogP contribution in [-0.2, 0) is 0 Å². The van der Waals surface area contributed by atoms with Gasteiger partial charge in [-0.25, -0.2) is 0 Å². The van der Waals surface area contributed by atoms with Crippen molar-refractivity contribution >= 4 is 33.6 Å². The van der Waals surface area contributed by atoms with Crippen molar-refractivity contribution in [2.24, 2.45) is 0 Å². The highest BCUT2D eigenvalue weighted by Gasteiger charge is 2.18. The highest BCUT2D eigenvalue weighted by Crippen LogP contribution is 2.40. The van der Waals surface area contributed by atoms with Crippen molar-refractivity contribution < 1.29 is 18.6 Å². The number of hydrogen-bond acceptors (Lipinski definition) is 4. The van der Waals surface area contributed by atoms with Crippen LogP contribution in [0.3, 0.4) is 0 Å². The van der Waals surface area contributed by atoms with Crippen molar-refractivity contribution in [2.75, 3.05) is 21.3 Å². The second-order valence-corrected chi connectivity index (χ2v) is 6.36. The third-order valence-corrected chi connectivity index (χ3v) is 4.46. The lowest BCUT2D eigenvalue weighted by Crippen LogP contribution is -1.90. The van der Waals surface area contributed by atoms with Crippen LogP contribution in [0.5, 0.6) is 17.2 Å². The number of furan rings is 1. The Morgan fingerprint density at radius 3 is 2.22 bits per heavy atom. The molecule has 3 aromatic rings. The maximum Gasteiger partial charge on any atom is 0.176 e. The second-order valence-electron chi connectivity index (χ2n) is 5.11. The summed E-state index contributed by atoms with van der Waals surface area (Å²) in [5.41, 5.74) is 2.77.